The van der Waals surface area contributed by atoms with Gasteiger partial charge in [0.05, 0.1) is 10.4 Å². The van der Waals surface area contributed by atoms with Crippen LogP contribution in [0, 0.1) is 10.1 Å². The van der Waals surface area contributed by atoms with Crippen molar-refractivity contribution in [2.24, 2.45) is 5.73 Å². The lowest BCUT2D eigenvalue weighted by atomic mass is 9.74. The minimum atomic E-state index is -0.379. The van der Waals surface area contributed by atoms with Crippen molar-refractivity contribution in [3.05, 3.63) is 81.0 Å². The van der Waals surface area contributed by atoms with Crippen molar-refractivity contribution in [3.8, 4) is 0 Å². The third-order valence-electron chi connectivity index (χ3n) is 5.86. The van der Waals surface area contributed by atoms with Crippen LogP contribution in [0.2, 0.25) is 5.02 Å². The summed E-state index contributed by atoms with van der Waals surface area (Å²) in [7, 11) is 0. The van der Waals surface area contributed by atoms with Crippen LogP contribution in [0.25, 0.3) is 10.9 Å². The van der Waals surface area contributed by atoms with Crippen LogP contribution in [0.5, 0.6) is 0 Å². The van der Waals surface area contributed by atoms with Crippen LogP contribution in [-0.2, 0) is 12.1 Å². The van der Waals surface area contributed by atoms with Crippen LogP contribution < -0.4 is 11.1 Å². The van der Waals surface area contributed by atoms with E-state index in [0.29, 0.717) is 17.6 Å². The van der Waals surface area contributed by atoms with E-state index in [2.05, 4.69) is 10.3 Å². The van der Waals surface area contributed by atoms with Gasteiger partial charge in [0.1, 0.15) is 0 Å². The maximum Gasteiger partial charge on any atom is 0.269 e. The van der Waals surface area contributed by atoms with Crippen molar-refractivity contribution in [3.63, 3.8) is 0 Å². The smallest absolute Gasteiger partial charge is 0.269 e. The quantitative estimate of drug-likeness (QED) is 0.368. The second kappa shape index (κ2) is 10.6. The van der Waals surface area contributed by atoms with E-state index in [4.69, 9.17) is 17.3 Å². The summed E-state index contributed by atoms with van der Waals surface area (Å²) in [6.07, 6.45) is 5.52. The molecule has 0 aliphatic heterocycles. The van der Waals surface area contributed by atoms with Gasteiger partial charge in [0, 0.05) is 46.9 Å². The normalized spacial score (nSPS) is 20.5. The molecule has 31 heavy (non-hydrogen) atoms. The molecule has 0 amide bonds. The molecule has 6 nitrogen and oxygen atoms in total. The highest BCUT2D eigenvalue weighted by Crippen LogP contribution is 2.38. The van der Waals surface area contributed by atoms with Gasteiger partial charge in [0.15, 0.2) is 0 Å². The van der Waals surface area contributed by atoms with Crippen molar-refractivity contribution < 1.29 is 4.92 Å². The Kier molecular flexibility index (Phi) is 8.63. The summed E-state index contributed by atoms with van der Waals surface area (Å²) in [5.74, 6) is 0. The number of nitro benzene ring substituents is 1. The molecule has 1 saturated carbocycles. The first-order chi connectivity index (χ1) is 13.9. The number of benzene rings is 2. The number of fused-ring (bicyclic) bond motifs is 1. The largest absolute Gasteiger partial charge is 0.321 e. The number of pyridine rings is 1. The van der Waals surface area contributed by atoms with Gasteiger partial charge in [-0.05, 0) is 55.0 Å². The summed E-state index contributed by atoms with van der Waals surface area (Å²) in [5, 5.41) is 16.1. The number of rotatable bonds is 5. The maximum absolute atomic E-state index is 10.8. The summed E-state index contributed by atoms with van der Waals surface area (Å²) >= 11 is 6.11. The molecule has 166 valence electrons. The topological polar surface area (TPSA) is 94.1 Å². The lowest BCUT2D eigenvalue weighted by molar-refractivity contribution is -0.384. The average molecular weight is 484 g/mol. The summed E-state index contributed by atoms with van der Waals surface area (Å²) in [4.78, 5) is 14.8. The van der Waals surface area contributed by atoms with Gasteiger partial charge in [0.2, 0.25) is 0 Å². The molecule has 0 bridgehead atoms. The molecular weight excluding hydrogens is 459 g/mol. The van der Waals surface area contributed by atoms with Crippen LogP contribution in [0.1, 0.15) is 36.8 Å². The molecule has 0 spiro atoms. The van der Waals surface area contributed by atoms with E-state index >= 15 is 0 Å². The SMILES string of the molecule is Cl.Cl.NC1(c2ccnc3cc(Cl)ccc23)CCC(NCc2ccc([N+](=O)[O-])cc2)CC1. The van der Waals surface area contributed by atoms with E-state index in [1.807, 2.05) is 30.5 Å². The van der Waals surface area contributed by atoms with E-state index in [9.17, 15) is 10.1 Å². The maximum atomic E-state index is 10.8. The van der Waals surface area contributed by atoms with E-state index in [1.54, 1.807) is 24.3 Å². The van der Waals surface area contributed by atoms with Crippen LogP contribution >= 0.6 is 36.4 Å². The first-order valence-electron chi connectivity index (χ1n) is 9.75. The van der Waals surface area contributed by atoms with Gasteiger partial charge in [-0.25, -0.2) is 0 Å². The van der Waals surface area contributed by atoms with Crippen molar-refractivity contribution in [2.75, 3.05) is 0 Å². The third-order valence-corrected chi connectivity index (χ3v) is 6.10. The Bertz CT molecular complexity index is 1040. The lowest BCUT2D eigenvalue weighted by Gasteiger charge is -2.38. The Morgan fingerprint density at radius 2 is 1.81 bits per heavy atom. The number of aromatic nitrogens is 1. The molecular formula is C22H25Cl3N4O2. The zero-order valence-corrected chi connectivity index (χ0v) is 19.2. The van der Waals surface area contributed by atoms with Crippen molar-refractivity contribution in [1.82, 2.24) is 10.3 Å². The molecule has 9 heteroatoms. The Hall–Kier alpha value is -1.96. The number of nitrogens with two attached hydrogens (primary N) is 1. The number of hydrogen-bond donors (Lipinski definition) is 2. The number of hydrogen-bond acceptors (Lipinski definition) is 5. The minimum Gasteiger partial charge on any atom is -0.321 e. The van der Waals surface area contributed by atoms with Crippen LogP contribution in [0.3, 0.4) is 0 Å². The predicted octanol–water partition coefficient (Wildman–Crippen LogP) is 5.53. The van der Waals surface area contributed by atoms with Crippen molar-refractivity contribution in [1.29, 1.82) is 0 Å². The molecule has 0 atom stereocenters. The highest BCUT2D eigenvalue weighted by Gasteiger charge is 2.34. The predicted molar refractivity (Wildman–Crippen MR) is 129 cm³/mol. The van der Waals surface area contributed by atoms with Crippen LogP contribution in [0.15, 0.2) is 54.7 Å². The number of halogens is 3. The Labute approximate surface area is 198 Å². The summed E-state index contributed by atoms with van der Waals surface area (Å²) in [6, 6.07) is 14.9. The molecule has 1 heterocycles. The Balaban J connectivity index is 0.00000171. The van der Waals surface area contributed by atoms with Crippen molar-refractivity contribution in [2.45, 2.75) is 43.8 Å². The number of nitrogens with zero attached hydrogens (tertiary/aromatic N) is 2. The zero-order valence-electron chi connectivity index (χ0n) is 16.8. The Morgan fingerprint density at radius 3 is 2.45 bits per heavy atom. The summed E-state index contributed by atoms with van der Waals surface area (Å²) in [6.45, 7) is 0.691. The van der Waals surface area contributed by atoms with Gasteiger partial charge in [-0.1, -0.05) is 29.8 Å². The number of nitrogens with one attached hydrogen (secondary N) is 1. The molecule has 0 radical (unpaired) electrons. The summed E-state index contributed by atoms with van der Waals surface area (Å²) < 4.78 is 0. The third kappa shape index (κ3) is 5.64. The average Bonchev–Trinajstić information content (AvgIpc) is 2.73. The molecule has 0 unspecified atom stereocenters. The van der Waals surface area contributed by atoms with E-state index in [0.717, 1.165) is 47.7 Å². The first-order valence-corrected chi connectivity index (χ1v) is 10.1. The highest BCUT2D eigenvalue weighted by molar-refractivity contribution is 6.31. The monoisotopic (exact) mass is 482 g/mol. The fourth-order valence-corrected chi connectivity index (χ4v) is 4.33. The number of non-ortho nitro benzene ring substituents is 1. The summed E-state index contributed by atoms with van der Waals surface area (Å²) in [5.41, 5.74) is 9.63. The fourth-order valence-electron chi connectivity index (χ4n) is 4.16. The standard InChI is InChI=1S/C22H23ClN4O2.2ClH/c23-16-3-6-19-20(9-12-25-21(19)13-16)22(24)10-7-17(8-11-22)26-14-15-1-4-18(5-2-15)27(28)29;;/h1-6,9,12-13,17,26H,7-8,10-11,14,24H2;2*1H. The van der Waals surface area contributed by atoms with Crippen LogP contribution in [-0.4, -0.2) is 15.9 Å². The second-order valence-corrected chi connectivity index (χ2v) is 8.19. The van der Waals surface area contributed by atoms with Gasteiger partial charge in [-0.2, -0.15) is 0 Å². The molecule has 1 fully saturated rings. The molecule has 1 aliphatic rings. The molecule has 0 saturated heterocycles. The van der Waals surface area contributed by atoms with Gasteiger partial charge < -0.3 is 11.1 Å². The Morgan fingerprint density at radius 1 is 1.13 bits per heavy atom. The second-order valence-electron chi connectivity index (χ2n) is 7.75. The van der Waals surface area contributed by atoms with Gasteiger partial charge in [-0.3, -0.25) is 15.1 Å². The molecule has 4 rings (SSSR count). The number of nitro groups is 1. The van der Waals surface area contributed by atoms with Gasteiger partial charge in [0.25, 0.3) is 5.69 Å². The first kappa shape index (κ1) is 25.3. The lowest BCUT2D eigenvalue weighted by Crippen LogP contribution is -2.45. The highest BCUT2D eigenvalue weighted by atomic mass is 35.5. The molecule has 1 aromatic heterocycles. The molecule has 3 aromatic rings. The van der Waals surface area contributed by atoms with Crippen LogP contribution in [0.4, 0.5) is 5.69 Å². The van der Waals surface area contributed by atoms with E-state index in [-0.39, 0.29) is 41.0 Å². The van der Waals surface area contributed by atoms with E-state index < -0.39 is 0 Å². The molecule has 2 aromatic carbocycles. The molecule has 3 N–H and O–H groups in total. The van der Waals surface area contributed by atoms with Crippen molar-refractivity contribution >= 4 is 53.0 Å². The van der Waals surface area contributed by atoms with Gasteiger partial charge in [-0.15, -0.1) is 24.8 Å². The fraction of sp³-hybridized carbons (Fsp3) is 0.318. The van der Waals surface area contributed by atoms with Gasteiger partial charge >= 0.3 is 0 Å². The zero-order chi connectivity index (χ0) is 20.4. The minimum absolute atomic E-state index is 0. The molecule has 1 aliphatic carbocycles. The van der Waals surface area contributed by atoms with E-state index in [1.165, 1.54) is 0 Å².